The Morgan fingerprint density at radius 2 is 1.38 bits per heavy atom. The van der Waals surface area contributed by atoms with Gasteiger partial charge in [0.25, 0.3) is 0 Å². The van der Waals surface area contributed by atoms with Crippen molar-refractivity contribution in [2.45, 2.75) is 79.7 Å². The van der Waals surface area contributed by atoms with Crippen molar-refractivity contribution in [2.24, 2.45) is 11.3 Å². The SMILES string of the molecule is CC(C)/C(=C(/c1ccc(C2CCN(C(C)(C)C)CC2)cc1)c1cccc(OC(=O)C(C)(C)C)c1)c1ccccc1. The quantitative estimate of drug-likeness (QED) is 0.178. The lowest BCUT2D eigenvalue weighted by Crippen LogP contribution is -2.45. The molecule has 3 aromatic rings. The molecule has 0 aliphatic carbocycles. The molecule has 3 aromatic carbocycles. The number of carbonyl (C=O) groups is 1. The first-order valence-electron chi connectivity index (χ1n) is 14.8. The monoisotopic (exact) mass is 537 g/mol. The van der Waals surface area contributed by atoms with Gasteiger partial charge in [0.05, 0.1) is 5.41 Å². The summed E-state index contributed by atoms with van der Waals surface area (Å²) < 4.78 is 5.82. The first-order chi connectivity index (χ1) is 18.8. The molecule has 1 saturated heterocycles. The van der Waals surface area contributed by atoms with Crippen molar-refractivity contribution in [1.82, 2.24) is 4.90 Å². The summed E-state index contributed by atoms with van der Waals surface area (Å²) in [6.07, 6.45) is 2.39. The van der Waals surface area contributed by atoms with E-state index in [-0.39, 0.29) is 11.5 Å². The Kier molecular flexibility index (Phi) is 9.05. The van der Waals surface area contributed by atoms with Gasteiger partial charge < -0.3 is 4.74 Å². The van der Waals surface area contributed by atoms with Gasteiger partial charge in [-0.3, -0.25) is 9.69 Å². The van der Waals surface area contributed by atoms with Crippen LogP contribution in [0.3, 0.4) is 0 Å². The summed E-state index contributed by atoms with van der Waals surface area (Å²) in [6.45, 7) is 19.4. The molecule has 0 amide bonds. The molecule has 0 atom stereocenters. The molecule has 4 rings (SSSR count). The summed E-state index contributed by atoms with van der Waals surface area (Å²) in [7, 11) is 0. The van der Waals surface area contributed by atoms with E-state index in [1.807, 2.05) is 39.0 Å². The number of hydrogen-bond acceptors (Lipinski definition) is 3. The molecule has 212 valence electrons. The zero-order chi connectivity index (χ0) is 29.1. The topological polar surface area (TPSA) is 29.5 Å². The molecule has 0 radical (unpaired) electrons. The Morgan fingerprint density at radius 1 is 0.775 bits per heavy atom. The summed E-state index contributed by atoms with van der Waals surface area (Å²) in [5, 5.41) is 0. The second kappa shape index (κ2) is 12.1. The van der Waals surface area contributed by atoms with Gasteiger partial charge in [-0.2, -0.15) is 0 Å². The zero-order valence-electron chi connectivity index (χ0n) is 25.8. The highest BCUT2D eigenvalue weighted by atomic mass is 16.5. The fraction of sp³-hybridized carbons (Fsp3) is 0.432. The fourth-order valence-electron chi connectivity index (χ4n) is 5.64. The molecule has 1 fully saturated rings. The van der Waals surface area contributed by atoms with Crippen molar-refractivity contribution in [2.75, 3.05) is 13.1 Å². The van der Waals surface area contributed by atoms with Gasteiger partial charge in [-0.1, -0.05) is 80.6 Å². The first-order valence-corrected chi connectivity index (χ1v) is 14.8. The average molecular weight is 538 g/mol. The van der Waals surface area contributed by atoms with Crippen molar-refractivity contribution in [3.8, 4) is 5.75 Å². The van der Waals surface area contributed by atoms with E-state index in [1.54, 1.807) is 0 Å². The molecule has 0 unspecified atom stereocenters. The van der Waals surface area contributed by atoms with Crippen LogP contribution in [0.25, 0.3) is 11.1 Å². The van der Waals surface area contributed by atoms with Crippen molar-refractivity contribution in [3.05, 3.63) is 101 Å². The van der Waals surface area contributed by atoms with Crippen LogP contribution in [-0.4, -0.2) is 29.5 Å². The molecule has 1 aliphatic rings. The van der Waals surface area contributed by atoms with Crippen LogP contribution in [0, 0.1) is 11.3 Å². The van der Waals surface area contributed by atoms with Crippen LogP contribution in [0.1, 0.15) is 96.4 Å². The predicted molar refractivity (Wildman–Crippen MR) is 168 cm³/mol. The van der Waals surface area contributed by atoms with Crippen LogP contribution < -0.4 is 4.74 Å². The largest absolute Gasteiger partial charge is 0.426 e. The Labute approximate surface area is 242 Å². The number of carbonyl (C=O) groups excluding carboxylic acids is 1. The minimum absolute atomic E-state index is 0.231. The number of benzene rings is 3. The molecule has 40 heavy (non-hydrogen) atoms. The van der Waals surface area contributed by atoms with E-state index < -0.39 is 5.41 Å². The molecule has 1 heterocycles. The van der Waals surface area contributed by atoms with E-state index in [4.69, 9.17) is 4.74 Å². The van der Waals surface area contributed by atoms with Gasteiger partial charge in [-0.15, -0.1) is 0 Å². The highest BCUT2D eigenvalue weighted by Crippen LogP contribution is 2.39. The first kappa shape index (κ1) is 29.8. The molecule has 1 aliphatic heterocycles. The van der Waals surface area contributed by atoms with Gasteiger partial charge >= 0.3 is 5.97 Å². The molecule has 0 bridgehead atoms. The van der Waals surface area contributed by atoms with Crippen LogP contribution in [0.4, 0.5) is 0 Å². The normalized spacial score (nSPS) is 16.1. The minimum Gasteiger partial charge on any atom is -0.426 e. The number of allylic oxidation sites excluding steroid dienone is 1. The van der Waals surface area contributed by atoms with Crippen LogP contribution >= 0.6 is 0 Å². The fourth-order valence-corrected chi connectivity index (χ4v) is 5.64. The highest BCUT2D eigenvalue weighted by molar-refractivity contribution is 5.99. The Balaban J connectivity index is 1.75. The average Bonchev–Trinajstić information content (AvgIpc) is 2.91. The van der Waals surface area contributed by atoms with Crippen LogP contribution in [0.15, 0.2) is 78.9 Å². The number of likely N-dealkylation sites (tertiary alicyclic amines) is 1. The molecular formula is C37H47NO2. The molecule has 3 nitrogen and oxygen atoms in total. The van der Waals surface area contributed by atoms with Gasteiger partial charge in [0, 0.05) is 5.54 Å². The standard InChI is InChI=1S/C37H47NO2/c1-26(2)33(29-13-10-9-11-14-29)34(31-15-12-16-32(25-31)40-35(39)36(3,4)5)30-19-17-27(18-20-30)28-21-23-38(24-22-28)37(6,7)8/h9-20,25-26,28H,21-24H2,1-8H3/b34-33+. The number of esters is 1. The summed E-state index contributed by atoms with van der Waals surface area (Å²) >= 11 is 0. The van der Waals surface area contributed by atoms with Crippen molar-refractivity contribution in [3.63, 3.8) is 0 Å². The van der Waals surface area contributed by atoms with E-state index in [2.05, 4.69) is 100 Å². The highest BCUT2D eigenvalue weighted by Gasteiger charge is 2.28. The Hall–Kier alpha value is -3.17. The van der Waals surface area contributed by atoms with Crippen LogP contribution in [0.5, 0.6) is 5.75 Å². The van der Waals surface area contributed by atoms with E-state index in [0.29, 0.717) is 17.6 Å². The second-order valence-corrected chi connectivity index (χ2v) is 13.5. The van der Waals surface area contributed by atoms with E-state index in [1.165, 1.54) is 40.7 Å². The minimum atomic E-state index is -0.569. The lowest BCUT2D eigenvalue weighted by atomic mass is 9.82. The van der Waals surface area contributed by atoms with E-state index in [0.717, 1.165) is 18.7 Å². The van der Waals surface area contributed by atoms with Gasteiger partial charge in [-0.05, 0) is 125 Å². The van der Waals surface area contributed by atoms with Crippen LogP contribution in [-0.2, 0) is 4.79 Å². The van der Waals surface area contributed by atoms with Gasteiger partial charge in [0.2, 0.25) is 0 Å². The predicted octanol–water partition coefficient (Wildman–Crippen LogP) is 9.23. The maximum Gasteiger partial charge on any atom is 0.316 e. The third-order valence-electron chi connectivity index (χ3n) is 7.99. The second-order valence-electron chi connectivity index (χ2n) is 13.5. The van der Waals surface area contributed by atoms with Gasteiger partial charge in [-0.25, -0.2) is 0 Å². The molecule has 0 saturated carbocycles. The number of nitrogens with zero attached hydrogens (tertiary/aromatic N) is 1. The summed E-state index contributed by atoms with van der Waals surface area (Å²) in [4.78, 5) is 15.3. The zero-order valence-corrected chi connectivity index (χ0v) is 25.8. The summed E-state index contributed by atoms with van der Waals surface area (Å²) in [5.41, 5.74) is 7.00. The lowest BCUT2D eigenvalue weighted by molar-refractivity contribution is -0.142. The number of hydrogen-bond donors (Lipinski definition) is 0. The maximum absolute atomic E-state index is 12.7. The maximum atomic E-state index is 12.7. The smallest absolute Gasteiger partial charge is 0.316 e. The van der Waals surface area contributed by atoms with Gasteiger partial charge in [0.1, 0.15) is 5.75 Å². The van der Waals surface area contributed by atoms with E-state index in [9.17, 15) is 4.79 Å². The molecule has 0 aromatic heterocycles. The van der Waals surface area contributed by atoms with Crippen molar-refractivity contribution in [1.29, 1.82) is 0 Å². The Morgan fingerprint density at radius 3 is 1.93 bits per heavy atom. The number of rotatable bonds is 6. The van der Waals surface area contributed by atoms with Crippen LogP contribution in [0.2, 0.25) is 0 Å². The summed E-state index contributed by atoms with van der Waals surface area (Å²) in [6, 6.07) is 27.9. The van der Waals surface area contributed by atoms with Gasteiger partial charge in [0.15, 0.2) is 0 Å². The number of piperidine rings is 1. The Bertz CT molecular complexity index is 1310. The third-order valence-corrected chi connectivity index (χ3v) is 7.99. The van der Waals surface area contributed by atoms with Crippen molar-refractivity contribution >= 4 is 17.1 Å². The molecule has 3 heteroatoms. The third kappa shape index (κ3) is 7.12. The lowest BCUT2D eigenvalue weighted by Gasteiger charge is -2.41. The number of ether oxygens (including phenoxy) is 1. The molecule has 0 spiro atoms. The molecule has 0 N–H and O–H groups in total. The van der Waals surface area contributed by atoms with E-state index >= 15 is 0 Å². The molecular weight excluding hydrogens is 490 g/mol. The summed E-state index contributed by atoms with van der Waals surface area (Å²) in [5.74, 6) is 1.23. The van der Waals surface area contributed by atoms with Crippen molar-refractivity contribution < 1.29 is 9.53 Å².